The molecular formula is C10H16N2O3S. The first-order valence-corrected chi connectivity index (χ1v) is 6.32. The predicted molar refractivity (Wildman–Crippen MR) is 61.2 cm³/mol. The fraction of sp³-hybridized carbons (Fsp3) is 0.400. The Morgan fingerprint density at radius 3 is 2.31 bits per heavy atom. The summed E-state index contributed by atoms with van der Waals surface area (Å²) < 4.78 is 24.9. The third kappa shape index (κ3) is 2.79. The first kappa shape index (κ1) is 13.1. The summed E-state index contributed by atoms with van der Waals surface area (Å²) in [6.07, 6.45) is 0. The van der Waals surface area contributed by atoms with E-state index in [1.165, 1.54) is 19.2 Å². The van der Waals surface area contributed by atoms with Gasteiger partial charge in [-0.25, -0.2) is 8.42 Å². The zero-order valence-corrected chi connectivity index (χ0v) is 9.94. The molecule has 0 amide bonds. The summed E-state index contributed by atoms with van der Waals surface area (Å²) in [4.78, 5) is 0.209. The van der Waals surface area contributed by atoms with Crippen molar-refractivity contribution < 1.29 is 13.5 Å². The molecule has 0 bridgehead atoms. The topological polar surface area (TPSA) is 83.6 Å². The Morgan fingerprint density at radius 1 is 1.31 bits per heavy atom. The van der Waals surface area contributed by atoms with E-state index in [0.29, 0.717) is 6.54 Å². The lowest BCUT2D eigenvalue weighted by Gasteiger charge is -2.15. The number of hydrogen-bond donors (Lipinski definition) is 2. The van der Waals surface area contributed by atoms with Gasteiger partial charge in [-0.15, -0.1) is 0 Å². The minimum Gasteiger partial charge on any atom is -0.395 e. The fourth-order valence-corrected chi connectivity index (χ4v) is 2.40. The van der Waals surface area contributed by atoms with Crippen LogP contribution in [0.5, 0.6) is 0 Å². The SMILES string of the molecule is CN(CCO)S(=O)(=O)c1ccc(CN)cc1. The molecule has 0 aliphatic carbocycles. The molecule has 90 valence electrons. The molecule has 0 heterocycles. The van der Waals surface area contributed by atoms with Crippen LogP contribution in [0.2, 0.25) is 0 Å². The molecule has 16 heavy (non-hydrogen) atoms. The second kappa shape index (κ2) is 5.40. The highest BCUT2D eigenvalue weighted by molar-refractivity contribution is 7.89. The Labute approximate surface area is 95.5 Å². The minimum atomic E-state index is -3.49. The van der Waals surface area contributed by atoms with Crippen molar-refractivity contribution in [1.82, 2.24) is 4.31 Å². The maximum Gasteiger partial charge on any atom is 0.242 e. The van der Waals surface area contributed by atoms with Crippen LogP contribution in [0.25, 0.3) is 0 Å². The molecule has 3 N–H and O–H groups in total. The molecule has 0 saturated heterocycles. The molecule has 0 fully saturated rings. The van der Waals surface area contributed by atoms with Gasteiger partial charge in [-0.05, 0) is 17.7 Å². The van der Waals surface area contributed by atoms with Crippen LogP contribution >= 0.6 is 0 Å². The van der Waals surface area contributed by atoms with Gasteiger partial charge in [0, 0.05) is 20.1 Å². The van der Waals surface area contributed by atoms with Crippen molar-refractivity contribution in [1.29, 1.82) is 0 Å². The molecule has 6 heteroatoms. The molecule has 5 nitrogen and oxygen atoms in total. The molecule has 0 aliphatic rings. The van der Waals surface area contributed by atoms with Crippen LogP contribution in [0, 0.1) is 0 Å². The molecule has 1 aromatic carbocycles. The number of sulfonamides is 1. The summed E-state index contributed by atoms with van der Waals surface area (Å²) >= 11 is 0. The number of nitrogens with zero attached hydrogens (tertiary/aromatic N) is 1. The van der Waals surface area contributed by atoms with Crippen LogP contribution in [0.1, 0.15) is 5.56 Å². The van der Waals surface area contributed by atoms with Crippen LogP contribution in [-0.4, -0.2) is 38.0 Å². The Kier molecular flexibility index (Phi) is 4.43. The van der Waals surface area contributed by atoms with E-state index in [2.05, 4.69) is 0 Å². The van der Waals surface area contributed by atoms with Crippen LogP contribution in [0.4, 0.5) is 0 Å². The Bertz CT molecular complexity index is 428. The van der Waals surface area contributed by atoms with Crippen LogP contribution in [0.15, 0.2) is 29.2 Å². The predicted octanol–water partition coefficient (Wildman–Crippen LogP) is -0.242. The van der Waals surface area contributed by atoms with Crippen LogP contribution < -0.4 is 5.73 Å². The first-order chi connectivity index (χ1) is 7.52. The van der Waals surface area contributed by atoms with Gasteiger partial charge in [0.15, 0.2) is 0 Å². The number of likely N-dealkylation sites (N-methyl/N-ethyl adjacent to an activating group) is 1. The highest BCUT2D eigenvalue weighted by atomic mass is 32.2. The van der Waals surface area contributed by atoms with Crippen molar-refractivity contribution >= 4 is 10.0 Å². The lowest BCUT2D eigenvalue weighted by Crippen LogP contribution is -2.29. The van der Waals surface area contributed by atoms with Gasteiger partial charge >= 0.3 is 0 Å². The maximum absolute atomic E-state index is 11.9. The largest absolute Gasteiger partial charge is 0.395 e. The van der Waals surface area contributed by atoms with Gasteiger partial charge in [0.1, 0.15) is 0 Å². The zero-order valence-electron chi connectivity index (χ0n) is 9.13. The van der Waals surface area contributed by atoms with Gasteiger partial charge in [0.25, 0.3) is 0 Å². The summed E-state index contributed by atoms with van der Waals surface area (Å²) in [5.41, 5.74) is 6.30. The van der Waals surface area contributed by atoms with Crippen molar-refractivity contribution in [2.75, 3.05) is 20.2 Å². The van der Waals surface area contributed by atoms with E-state index >= 15 is 0 Å². The summed E-state index contributed by atoms with van der Waals surface area (Å²) in [7, 11) is -2.06. The number of rotatable bonds is 5. The van der Waals surface area contributed by atoms with E-state index in [9.17, 15) is 8.42 Å². The molecule has 0 atom stereocenters. The van der Waals surface area contributed by atoms with Crippen LogP contribution in [-0.2, 0) is 16.6 Å². The van der Waals surface area contributed by atoms with E-state index < -0.39 is 10.0 Å². The second-order valence-electron chi connectivity index (χ2n) is 3.40. The van der Waals surface area contributed by atoms with E-state index in [-0.39, 0.29) is 18.0 Å². The third-order valence-corrected chi connectivity index (χ3v) is 4.15. The average Bonchev–Trinajstić information content (AvgIpc) is 2.29. The second-order valence-corrected chi connectivity index (χ2v) is 5.44. The number of aliphatic hydroxyl groups excluding tert-OH is 1. The third-order valence-electron chi connectivity index (χ3n) is 2.28. The molecule has 0 saturated carbocycles. The molecule has 1 aromatic rings. The van der Waals surface area contributed by atoms with E-state index in [4.69, 9.17) is 10.8 Å². The van der Waals surface area contributed by atoms with Gasteiger partial charge in [-0.1, -0.05) is 12.1 Å². The Hall–Kier alpha value is -0.950. The lowest BCUT2D eigenvalue weighted by atomic mass is 10.2. The number of aliphatic hydroxyl groups is 1. The molecule has 0 unspecified atom stereocenters. The summed E-state index contributed by atoms with van der Waals surface area (Å²) in [6, 6.07) is 6.40. The van der Waals surface area contributed by atoms with Gasteiger partial charge < -0.3 is 10.8 Å². The van der Waals surface area contributed by atoms with Crippen molar-refractivity contribution in [3.63, 3.8) is 0 Å². The highest BCUT2D eigenvalue weighted by Gasteiger charge is 2.19. The molecule has 0 spiro atoms. The lowest BCUT2D eigenvalue weighted by molar-refractivity contribution is 0.266. The monoisotopic (exact) mass is 244 g/mol. The van der Waals surface area contributed by atoms with Crippen molar-refractivity contribution in [3.8, 4) is 0 Å². The van der Waals surface area contributed by atoms with Gasteiger partial charge in [0.05, 0.1) is 11.5 Å². The van der Waals surface area contributed by atoms with E-state index in [1.54, 1.807) is 12.1 Å². The van der Waals surface area contributed by atoms with Gasteiger partial charge in [-0.3, -0.25) is 0 Å². The zero-order chi connectivity index (χ0) is 12.2. The summed E-state index contributed by atoms with van der Waals surface area (Å²) in [5.74, 6) is 0. The number of benzene rings is 1. The van der Waals surface area contributed by atoms with Gasteiger partial charge in [-0.2, -0.15) is 4.31 Å². The number of hydrogen-bond acceptors (Lipinski definition) is 4. The van der Waals surface area contributed by atoms with E-state index in [1.807, 2.05) is 0 Å². The van der Waals surface area contributed by atoms with Crippen molar-refractivity contribution in [2.45, 2.75) is 11.4 Å². The number of nitrogens with two attached hydrogens (primary N) is 1. The molecule has 0 radical (unpaired) electrons. The molecule has 0 aliphatic heterocycles. The molecular weight excluding hydrogens is 228 g/mol. The van der Waals surface area contributed by atoms with Crippen molar-refractivity contribution in [3.05, 3.63) is 29.8 Å². The Balaban J connectivity index is 2.98. The summed E-state index contributed by atoms with van der Waals surface area (Å²) in [5, 5.41) is 8.71. The molecule has 0 aromatic heterocycles. The highest BCUT2D eigenvalue weighted by Crippen LogP contribution is 2.14. The standard InChI is InChI=1S/C10H16N2O3S/c1-12(6-7-13)16(14,15)10-4-2-9(8-11)3-5-10/h2-5,13H,6-8,11H2,1H3. The van der Waals surface area contributed by atoms with Crippen LogP contribution in [0.3, 0.4) is 0 Å². The van der Waals surface area contributed by atoms with E-state index in [0.717, 1.165) is 9.87 Å². The first-order valence-electron chi connectivity index (χ1n) is 4.88. The summed E-state index contributed by atoms with van der Waals surface area (Å²) in [6.45, 7) is 0.268. The smallest absolute Gasteiger partial charge is 0.242 e. The minimum absolute atomic E-state index is 0.0843. The van der Waals surface area contributed by atoms with Crippen molar-refractivity contribution in [2.24, 2.45) is 5.73 Å². The molecule has 1 rings (SSSR count). The fourth-order valence-electron chi connectivity index (χ4n) is 1.24. The Morgan fingerprint density at radius 2 is 1.88 bits per heavy atom. The normalized spacial score (nSPS) is 12.0. The quantitative estimate of drug-likeness (QED) is 0.748. The average molecular weight is 244 g/mol. The van der Waals surface area contributed by atoms with Gasteiger partial charge in [0.2, 0.25) is 10.0 Å². The maximum atomic E-state index is 11.9.